The van der Waals surface area contributed by atoms with Crippen molar-refractivity contribution in [2.24, 2.45) is 5.73 Å². The first-order chi connectivity index (χ1) is 18.3. The van der Waals surface area contributed by atoms with Gasteiger partial charge in [-0.3, -0.25) is 19.3 Å². The smallest absolute Gasteiger partial charge is 0.273 e. The molecule has 0 radical (unpaired) electrons. The Labute approximate surface area is 225 Å². The van der Waals surface area contributed by atoms with E-state index in [0.717, 1.165) is 29.9 Å². The van der Waals surface area contributed by atoms with E-state index in [1.54, 1.807) is 36.4 Å². The van der Waals surface area contributed by atoms with E-state index >= 15 is 0 Å². The molecule has 0 bridgehead atoms. The topological polar surface area (TPSA) is 150 Å². The standard InChI is InChI=1S/C27H31N5O5S/c1-3-36-19-12-8-17(9-13-19)23(26(34)30-15-20-5-4-14-37-20)32(18-10-6-16(2)7-11-18)27(35)24-21(28)22(25(29)33)31-38-24/h6-13,20,23H,3-5,14-15,28H2,1-2H3,(H2,29,33)(H,30,34)/t20-,23+/m1/s1. The first-order valence-corrected chi connectivity index (χ1v) is 13.1. The number of nitrogens with two attached hydrogens (primary N) is 2. The molecule has 3 aromatic rings. The van der Waals surface area contributed by atoms with Gasteiger partial charge in [0.25, 0.3) is 11.8 Å². The number of ether oxygens (including phenoxy) is 2. The number of rotatable bonds is 10. The molecule has 0 unspecified atom stereocenters. The number of nitrogen functional groups attached to an aromatic ring is 1. The van der Waals surface area contributed by atoms with Crippen LogP contribution in [0.2, 0.25) is 0 Å². The molecule has 2 atom stereocenters. The molecule has 200 valence electrons. The average molecular weight is 538 g/mol. The molecule has 0 saturated carbocycles. The van der Waals surface area contributed by atoms with Crippen molar-refractivity contribution in [2.45, 2.75) is 38.8 Å². The zero-order valence-electron chi connectivity index (χ0n) is 21.3. The fourth-order valence-electron chi connectivity index (χ4n) is 4.27. The third kappa shape index (κ3) is 5.95. The van der Waals surface area contributed by atoms with Crippen molar-refractivity contribution in [1.82, 2.24) is 9.69 Å². The lowest BCUT2D eigenvalue weighted by atomic mass is 10.0. The van der Waals surface area contributed by atoms with E-state index in [9.17, 15) is 14.4 Å². The molecule has 1 fully saturated rings. The van der Waals surface area contributed by atoms with Gasteiger partial charge in [0, 0.05) is 18.8 Å². The van der Waals surface area contributed by atoms with Gasteiger partial charge in [0.2, 0.25) is 5.91 Å². The summed E-state index contributed by atoms with van der Waals surface area (Å²) in [5, 5.41) is 2.96. The van der Waals surface area contributed by atoms with E-state index in [0.29, 0.717) is 36.8 Å². The highest BCUT2D eigenvalue weighted by Gasteiger charge is 2.36. The van der Waals surface area contributed by atoms with Crippen molar-refractivity contribution in [3.8, 4) is 5.75 Å². The minimum Gasteiger partial charge on any atom is -0.494 e. The minimum absolute atomic E-state index is 0.0160. The third-order valence-electron chi connectivity index (χ3n) is 6.23. The summed E-state index contributed by atoms with van der Waals surface area (Å²) in [6, 6.07) is 13.2. The number of primary amides is 1. The first-order valence-electron chi connectivity index (χ1n) is 12.4. The number of carbonyl (C=O) groups excluding carboxylic acids is 3. The Morgan fingerprint density at radius 2 is 1.89 bits per heavy atom. The highest BCUT2D eigenvalue weighted by Crippen LogP contribution is 2.34. The zero-order valence-corrected chi connectivity index (χ0v) is 22.1. The molecule has 4 rings (SSSR count). The van der Waals surface area contributed by atoms with E-state index in [1.807, 2.05) is 26.0 Å². The molecule has 1 saturated heterocycles. The van der Waals surface area contributed by atoms with Crippen molar-refractivity contribution in [1.29, 1.82) is 0 Å². The van der Waals surface area contributed by atoms with Crippen molar-refractivity contribution in [3.05, 3.63) is 70.2 Å². The molecule has 10 nitrogen and oxygen atoms in total. The Bertz CT molecular complexity index is 1290. The first kappa shape index (κ1) is 27.1. The van der Waals surface area contributed by atoms with E-state index in [4.69, 9.17) is 20.9 Å². The lowest BCUT2D eigenvalue weighted by molar-refractivity contribution is -0.123. The quantitative estimate of drug-likeness (QED) is 0.359. The molecule has 2 heterocycles. The summed E-state index contributed by atoms with van der Waals surface area (Å²) in [6.45, 7) is 5.27. The molecule has 38 heavy (non-hydrogen) atoms. The average Bonchev–Trinajstić information content (AvgIpc) is 3.57. The Morgan fingerprint density at radius 3 is 2.47 bits per heavy atom. The van der Waals surface area contributed by atoms with Gasteiger partial charge in [0.1, 0.15) is 16.7 Å². The summed E-state index contributed by atoms with van der Waals surface area (Å²) in [7, 11) is 0. The minimum atomic E-state index is -1.07. The number of benzene rings is 2. The lowest BCUT2D eigenvalue weighted by Crippen LogP contribution is -2.45. The van der Waals surface area contributed by atoms with Crippen molar-refractivity contribution in [3.63, 3.8) is 0 Å². The lowest BCUT2D eigenvalue weighted by Gasteiger charge is -2.31. The normalized spacial score (nSPS) is 15.6. The summed E-state index contributed by atoms with van der Waals surface area (Å²) in [5.41, 5.74) is 13.2. The van der Waals surface area contributed by atoms with Gasteiger partial charge in [-0.15, -0.1) is 0 Å². The van der Waals surface area contributed by atoms with Crippen LogP contribution in [0.3, 0.4) is 0 Å². The Morgan fingerprint density at radius 1 is 1.18 bits per heavy atom. The molecule has 0 aliphatic carbocycles. The number of carbonyl (C=O) groups is 3. The highest BCUT2D eigenvalue weighted by molar-refractivity contribution is 7.09. The fraction of sp³-hybridized carbons (Fsp3) is 0.333. The molecule has 2 aromatic carbocycles. The summed E-state index contributed by atoms with van der Waals surface area (Å²) in [4.78, 5) is 41.0. The summed E-state index contributed by atoms with van der Waals surface area (Å²) in [6.07, 6.45) is 1.70. The van der Waals surface area contributed by atoms with Gasteiger partial charge < -0.3 is 26.3 Å². The van der Waals surface area contributed by atoms with Crippen LogP contribution in [0.5, 0.6) is 5.75 Å². The highest BCUT2D eigenvalue weighted by atomic mass is 32.1. The summed E-state index contributed by atoms with van der Waals surface area (Å²) < 4.78 is 15.2. The largest absolute Gasteiger partial charge is 0.494 e. The van der Waals surface area contributed by atoms with E-state index < -0.39 is 23.8 Å². The predicted molar refractivity (Wildman–Crippen MR) is 145 cm³/mol. The molecule has 1 aliphatic rings. The maximum Gasteiger partial charge on any atom is 0.273 e. The maximum absolute atomic E-state index is 14.1. The number of hydrogen-bond acceptors (Lipinski definition) is 8. The summed E-state index contributed by atoms with van der Waals surface area (Å²) >= 11 is 0.767. The van der Waals surface area contributed by atoms with Crippen LogP contribution in [-0.4, -0.2) is 48.0 Å². The number of nitrogens with zero attached hydrogens (tertiary/aromatic N) is 2. The maximum atomic E-state index is 14.1. The number of amides is 3. The molecule has 0 spiro atoms. The van der Waals surface area contributed by atoms with E-state index in [2.05, 4.69) is 9.69 Å². The van der Waals surface area contributed by atoms with Gasteiger partial charge in [-0.25, -0.2) is 0 Å². The van der Waals surface area contributed by atoms with Crippen LogP contribution in [0.4, 0.5) is 11.4 Å². The van der Waals surface area contributed by atoms with Crippen LogP contribution in [0.25, 0.3) is 0 Å². The van der Waals surface area contributed by atoms with Crippen LogP contribution in [-0.2, 0) is 9.53 Å². The SMILES string of the molecule is CCOc1ccc([C@@H](C(=O)NC[C@H]2CCCO2)N(C(=O)c2snc(C(N)=O)c2N)c2ccc(C)cc2)cc1. The number of aromatic nitrogens is 1. The molecule has 3 amide bonds. The van der Waals surface area contributed by atoms with Gasteiger partial charge in [-0.2, -0.15) is 4.37 Å². The monoisotopic (exact) mass is 537 g/mol. The Kier molecular flexibility index (Phi) is 8.59. The molecular weight excluding hydrogens is 506 g/mol. The fourth-order valence-corrected chi connectivity index (χ4v) is 5.02. The van der Waals surface area contributed by atoms with Gasteiger partial charge in [-0.05, 0) is 68.1 Å². The molecule has 1 aromatic heterocycles. The van der Waals surface area contributed by atoms with Crippen LogP contribution < -0.4 is 26.4 Å². The van der Waals surface area contributed by atoms with Gasteiger partial charge in [0.15, 0.2) is 5.69 Å². The second-order valence-corrected chi connectivity index (χ2v) is 9.71. The molecule has 1 aliphatic heterocycles. The number of anilines is 2. The molecule has 5 N–H and O–H groups in total. The van der Waals surface area contributed by atoms with Gasteiger partial charge in [-0.1, -0.05) is 29.8 Å². The zero-order chi connectivity index (χ0) is 27.2. The van der Waals surface area contributed by atoms with Crippen molar-refractivity contribution in [2.75, 3.05) is 30.4 Å². The second kappa shape index (κ2) is 12.1. The van der Waals surface area contributed by atoms with Gasteiger partial charge >= 0.3 is 0 Å². The van der Waals surface area contributed by atoms with Crippen LogP contribution >= 0.6 is 11.5 Å². The number of hydrogen-bond donors (Lipinski definition) is 3. The van der Waals surface area contributed by atoms with Crippen LogP contribution in [0.1, 0.15) is 57.1 Å². The Balaban J connectivity index is 1.79. The van der Waals surface area contributed by atoms with E-state index in [1.165, 1.54) is 4.90 Å². The summed E-state index contributed by atoms with van der Waals surface area (Å²) in [5.74, 6) is -1.17. The third-order valence-corrected chi connectivity index (χ3v) is 7.08. The van der Waals surface area contributed by atoms with Crippen LogP contribution in [0.15, 0.2) is 48.5 Å². The van der Waals surface area contributed by atoms with Crippen molar-refractivity contribution < 1.29 is 23.9 Å². The molecular formula is C27H31N5O5S. The van der Waals surface area contributed by atoms with E-state index in [-0.39, 0.29) is 22.4 Å². The number of nitrogens with one attached hydrogen (secondary N) is 1. The number of aryl methyl sites for hydroxylation is 1. The molecule has 11 heteroatoms. The second-order valence-electron chi connectivity index (χ2n) is 8.93. The van der Waals surface area contributed by atoms with Crippen molar-refractivity contribution >= 4 is 40.6 Å². The predicted octanol–water partition coefficient (Wildman–Crippen LogP) is 3.21. The van der Waals surface area contributed by atoms with Gasteiger partial charge in [0.05, 0.1) is 18.4 Å². The van der Waals surface area contributed by atoms with Crippen LogP contribution in [0, 0.1) is 6.92 Å². The Hall–Kier alpha value is -3.96.